The van der Waals surface area contributed by atoms with Crippen molar-refractivity contribution in [3.63, 3.8) is 0 Å². The van der Waals surface area contributed by atoms with Gasteiger partial charge in [0, 0.05) is 25.2 Å². The molecule has 4 heteroatoms. The van der Waals surface area contributed by atoms with Gasteiger partial charge in [0.15, 0.2) is 0 Å². The molecule has 2 unspecified atom stereocenters. The van der Waals surface area contributed by atoms with Crippen LogP contribution in [0.1, 0.15) is 27.2 Å². The SMILES string of the molecule is CCNC1CC(C(=O)O)CN(C(C)C)C1. The summed E-state index contributed by atoms with van der Waals surface area (Å²) >= 11 is 0. The van der Waals surface area contributed by atoms with Gasteiger partial charge in [-0.25, -0.2) is 0 Å². The summed E-state index contributed by atoms with van der Waals surface area (Å²) in [7, 11) is 0. The van der Waals surface area contributed by atoms with Gasteiger partial charge in [-0.15, -0.1) is 0 Å². The van der Waals surface area contributed by atoms with Crippen LogP contribution >= 0.6 is 0 Å². The Morgan fingerprint density at radius 3 is 2.67 bits per heavy atom. The first kappa shape index (κ1) is 12.5. The molecule has 4 nitrogen and oxygen atoms in total. The lowest BCUT2D eigenvalue weighted by molar-refractivity contribution is -0.144. The largest absolute Gasteiger partial charge is 0.481 e. The number of carbonyl (C=O) groups is 1. The van der Waals surface area contributed by atoms with Gasteiger partial charge in [0.2, 0.25) is 0 Å². The summed E-state index contributed by atoms with van der Waals surface area (Å²) in [5.74, 6) is -0.881. The maximum Gasteiger partial charge on any atom is 0.307 e. The van der Waals surface area contributed by atoms with Crippen LogP contribution in [0.4, 0.5) is 0 Å². The number of carboxylic acid groups (broad SMARTS) is 1. The first-order valence-corrected chi connectivity index (χ1v) is 5.74. The number of likely N-dealkylation sites (N-methyl/N-ethyl adjacent to an activating group) is 1. The lowest BCUT2D eigenvalue weighted by Crippen LogP contribution is -2.52. The molecule has 1 fully saturated rings. The summed E-state index contributed by atoms with van der Waals surface area (Å²) in [6.45, 7) is 8.86. The summed E-state index contributed by atoms with van der Waals surface area (Å²) in [5.41, 5.74) is 0. The molecule has 0 bridgehead atoms. The quantitative estimate of drug-likeness (QED) is 0.726. The Kier molecular flexibility index (Phi) is 4.54. The number of hydrogen-bond acceptors (Lipinski definition) is 3. The van der Waals surface area contributed by atoms with Crippen LogP contribution in [0.25, 0.3) is 0 Å². The maximum absolute atomic E-state index is 11.0. The molecule has 2 atom stereocenters. The summed E-state index contributed by atoms with van der Waals surface area (Å²) in [6, 6.07) is 0.751. The molecule has 1 aliphatic heterocycles. The number of nitrogens with zero attached hydrogens (tertiary/aromatic N) is 1. The van der Waals surface area contributed by atoms with Crippen molar-refractivity contribution in [2.24, 2.45) is 5.92 Å². The lowest BCUT2D eigenvalue weighted by Gasteiger charge is -2.38. The minimum atomic E-state index is -0.664. The van der Waals surface area contributed by atoms with E-state index in [1.54, 1.807) is 0 Å². The highest BCUT2D eigenvalue weighted by Gasteiger charge is 2.31. The van der Waals surface area contributed by atoms with E-state index in [2.05, 4.69) is 31.0 Å². The van der Waals surface area contributed by atoms with Crippen molar-refractivity contribution in [3.05, 3.63) is 0 Å². The fourth-order valence-electron chi connectivity index (χ4n) is 2.17. The van der Waals surface area contributed by atoms with Crippen LogP contribution < -0.4 is 5.32 Å². The van der Waals surface area contributed by atoms with Gasteiger partial charge >= 0.3 is 5.97 Å². The van der Waals surface area contributed by atoms with Crippen molar-refractivity contribution in [2.75, 3.05) is 19.6 Å². The number of rotatable bonds is 4. The number of nitrogens with one attached hydrogen (secondary N) is 1. The van der Waals surface area contributed by atoms with Gasteiger partial charge in [0.05, 0.1) is 5.92 Å². The molecule has 0 amide bonds. The van der Waals surface area contributed by atoms with Crippen LogP contribution in [0.3, 0.4) is 0 Å². The molecule has 0 aromatic heterocycles. The fraction of sp³-hybridized carbons (Fsp3) is 0.909. The summed E-state index contributed by atoms with van der Waals surface area (Å²) in [5, 5.41) is 12.4. The monoisotopic (exact) mass is 214 g/mol. The summed E-state index contributed by atoms with van der Waals surface area (Å²) in [6.07, 6.45) is 0.756. The minimum absolute atomic E-state index is 0.217. The molecule has 15 heavy (non-hydrogen) atoms. The van der Waals surface area contributed by atoms with Crippen LogP contribution in [0.2, 0.25) is 0 Å². The number of likely N-dealkylation sites (tertiary alicyclic amines) is 1. The van der Waals surface area contributed by atoms with Gasteiger partial charge in [0.1, 0.15) is 0 Å². The minimum Gasteiger partial charge on any atom is -0.481 e. The van der Waals surface area contributed by atoms with Gasteiger partial charge in [0.25, 0.3) is 0 Å². The Morgan fingerprint density at radius 2 is 2.20 bits per heavy atom. The van der Waals surface area contributed by atoms with Gasteiger partial charge in [-0.3, -0.25) is 9.69 Å². The van der Waals surface area contributed by atoms with Crippen LogP contribution in [0.5, 0.6) is 0 Å². The number of hydrogen-bond donors (Lipinski definition) is 2. The van der Waals surface area contributed by atoms with E-state index >= 15 is 0 Å². The molecular formula is C11H22N2O2. The highest BCUT2D eigenvalue weighted by molar-refractivity contribution is 5.70. The second-order valence-corrected chi connectivity index (χ2v) is 4.57. The molecule has 0 radical (unpaired) electrons. The summed E-state index contributed by atoms with van der Waals surface area (Å²) < 4.78 is 0. The second kappa shape index (κ2) is 5.47. The van der Waals surface area contributed by atoms with E-state index in [0.29, 0.717) is 18.6 Å². The third-order valence-electron chi connectivity index (χ3n) is 3.05. The van der Waals surface area contributed by atoms with Gasteiger partial charge in [-0.05, 0) is 26.8 Å². The van der Waals surface area contributed by atoms with Crippen molar-refractivity contribution >= 4 is 5.97 Å². The Bertz CT molecular complexity index is 219. The van der Waals surface area contributed by atoms with Gasteiger partial charge < -0.3 is 10.4 Å². The van der Waals surface area contributed by atoms with Gasteiger partial charge in [-0.2, -0.15) is 0 Å². The predicted octanol–water partition coefficient (Wildman–Crippen LogP) is 0.779. The molecule has 1 rings (SSSR count). The topological polar surface area (TPSA) is 52.6 Å². The zero-order chi connectivity index (χ0) is 11.4. The number of piperidine rings is 1. The molecule has 0 aromatic rings. The zero-order valence-corrected chi connectivity index (χ0v) is 9.86. The van der Waals surface area contributed by atoms with E-state index < -0.39 is 5.97 Å². The van der Waals surface area contributed by atoms with Gasteiger partial charge in [-0.1, -0.05) is 6.92 Å². The second-order valence-electron chi connectivity index (χ2n) is 4.57. The third kappa shape index (κ3) is 3.47. The van der Waals surface area contributed by atoms with Crippen molar-refractivity contribution in [1.29, 1.82) is 0 Å². The normalized spacial score (nSPS) is 28.3. The van der Waals surface area contributed by atoms with E-state index in [4.69, 9.17) is 5.11 Å². The highest BCUT2D eigenvalue weighted by atomic mass is 16.4. The summed E-state index contributed by atoms with van der Waals surface area (Å²) in [4.78, 5) is 13.3. The first-order chi connectivity index (χ1) is 7.04. The molecule has 0 spiro atoms. The number of aliphatic carboxylic acids is 1. The molecule has 1 saturated heterocycles. The maximum atomic E-state index is 11.0. The molecule has 88 valence electrons. The van der Waals surface area contributed by atoms with Crippen LogP contribution in [-0.2, 0) is 4.79 Å². The number of carboxylic acids is 1. The fourth-order valence-corrected chi connectivity index (χ4v) is 2.17. The third-order valence-corrected chi connectivity index (χ3v) is 3.05. The highest BCUT2D eigenvalue weighted by Crippen LogP contribution is 2.19. The Hall–Kier alpha value is -0.610. The van der Waals surface area contributed by atoms with E-state index in [0.717, 1.165) is 19.5 Å². The van der Waals surface area contributed by atoms with Crippen LogP contribution in [0.15, 0.2) is 0 Å². The Morgan fingerprint density at radius 1 is 1.53 bits per heavy atom. The Labute approximate surface area is 91.6 Å². The standard InChI is InChI=1S/C11H22N2O2/c1-4-12-10-5-9(11(14)15)6-13(7-10)8(2)3/h8-10,12H,4-7H2,1-3H3,(H,14,15). The van der Waals surface area contributed by atoms with E-state index in [-0.39, 0.29) is 5.92 Å². The first-order valence-electron chi connectivity index (χ1n) is 5.74. The van der Waals surface area contributed by atoms with E-state index in [9.17, 15) is 4.79 Å². The van der Waals surface area contributed by atoms with Crippen LogP contribution in [0, 0.1) is 5.92 Å². The average molecular weight is 214 g/mol. The molecular weight excluding hydrogens is 192 g/mol. The molecule has 1 heterocycles. The molecule has 2 N–H and O–H groups in total. The van der Waals surface area contributed by atoms with Crippen molar-refractivity contribution in [3.8, 4) is 0 Å². The molecule has 0 aromatic carbocycles. The molecule has 0 aliphatic carbocycles. The predicted molar refractivity (Wildman–Crippen MR) is 59.9 cm³/mol. The molecule has 0 saturated carbocycles. The smallest absolute Gasteiger partial charge is 0.307 e. The van der Waals surface area contributed by atoms with E-state index in [1.807, 2.05) is 0 Å². The average Bonchev–Trinajstić information content (AvgIpc) is 2.17. The van der Waals surface area contributed by atoms with Crippen molar-refractivity contribution in [1.82, 2.24) is 10.2 Å². The lowest BCUT2D eigenvalue weighted by atomic mass is 9.93. The van der Waals surface area contributed by atoms with E-state index in [1.165, 1.54) is 0 Å². The Balaban J connectivity index is 2.60. The van der Waals surface area contributed by atoms with Crippen LogP contribution in [-0.4, -0.2) is 47.7 Å². The van der Waals surface area contributed by atoms with Crippen molar-refractivity contribution in [2.45, 2.75) is 39.3 Å². The molecule has 1 aliphatic rings. The zero-order valence-electron chi connectivity index (χ0n) is 9.86. The van der Waals surface area contributed by atoms with Crippen molar-refractivity contribution < 1.29 is 9.90 Å².